The van der Waals surface area contributed by atoms with Crippen molar-refractivity contribution in [2.24, 2.45) is 0 Å². The molecule has 0 amide bonds. The molecule has 5 rings (SSSR count). The van der Waals surface area contributed by atoms with Crippen molar-refractivity contribution in [2.75, 3.05) is 7.11 Å². The number of benzene rings is 1. The molecule has 6 nitrogen and oxygen atoms in total. The lowest BCUT2D eigenvalue weighted by atomic mass is 9.87. The van der Waals surface area contributed by atoms with Crippen LogP contribution in [0.2, 0.25) is 0 Å². The van der Waals surface area contributed by atoms with Crippen LogP contribution in [0.5, 0.6) is 11.6 Å². The van der Waals surface area contributed by atoms with Crippen molar-refractivity contribution in [1.82, 2.24) is 20.5 Å². The van der Waals surface area contributed by atoms with Gasteiger partial charge in [-0.1, -0.05) is 18.2 Å². The quantitative estimate of drug-likeness (QED) is 0.600. The lowest BCUT2D eigenvalue weighted by molar-refractivity contribution is 0.248. The molecular formula is C25H23FN4O2. The third-order valence-corrected chi connectivity index (χ3v) is 5.98. The monoisotopic (exact) mass is 430 g/mol. The van der Waals surface area contributed by atoms with Gasteiger partial charge in [0.15, 0.2) is 0 Å². The van der Waals surface area contributed by atoms with Gasteiger partial charge in [-0.2, -0.15) is 5.10 Å². The van der Waals surface area contributed by atoms with Gasteiger partial charge in [0.1, 0.15) is 11.9 Å². The van der Waals surface area contributed by atoms with E-state index < -0.39 is 6.17 Å². The molecule has 2 aliphatic rings. The number of piperidine rings is 1. The first-order valence-electron chi connectivity index (χ1n) is 10.4. The van der Waals surface area contributed by atoms with Crippen molar-refractivity contribution in [3.63, 3.8) is 0 Å². The topological polar surface area (TPSA) is 80.2 Å². The molecule has 1 aromatic carbocycles. The third kappa shape index (κ3) is 3.76. The van der Waals surface area contributed by atoms with Crippen molar-refractivity contribution in [3.8, 4) is 34.0 Å². The zero-order chi connectivity index (χ0) is 22.3. The number of pyridine rings is 1. The maximum absolute atomic E-state index is 14.7. The van der Waals surface area contributed by atoms with E-state index in [9.17, 15) is 9.50 Å². The Kier molecular flexibility index (Phi) is 4.98. The van der Waals surface area contributed by atoms with E-state index in [0.29, 0.717) is 34.8 Å². The minimum atomic E-state index is -1.08. The summed E-state index contributed by atoms with van der Waals surface area (Å²) in [6.45, 7) is 2.06. The van der Waals surface area contributed by atoms with E-state index in [0.717, 1.165) is 11.1 Å². The van der Waals surface area contributed by atoms with Crippen LogP contribution in [0.1, 0.15) is 19.0 Å². The second-order valence-corrected chi connectivity index (χ2v) is 8.41. The van der Waals surface area contributed by atoms with Crippen LogP contribution in [-0.2, 0) is 0 Å². The van der Waals surface area contributed by atoms with Crippen molar-refractivity contribution < 1.29 is 14.2 Å². The Morgan fingerprint density at radius 2 is 2.00 bits per heavy atom. The van der Waals surface area contributed by atoms with E-state index >= 15 is 0 Å². The number of hydrogen-bond acceptors (Lipinski definition) is 6. The lowest BCUT2D eigenvalue weighted by Crippen LogP contribution is -2.51. The molecular weight excluding hydrogens is 407 g/mol. The first kappa shape index (κ1) is 20.3. The highest BCUT2D eigenvalue weighted by molar-refractivity contribution is 5.74. The summed E-state index contributed by atoms with van der Waals surface area (Å²) in [4.78, 5) is 4.10. The summed E-state index contributed by atoms with van der Waals surface area (Å²) in [5.74, 6) is 0.597. The summed E-state index contributed by atoms with van der Waals surface area (Å²) < 4.78 is 19.9. The molecule has 3 atom stereocenters. The smallest absolute Gasteiger partial charge is 0.213 e. The number of nitrogens with one attached hydrogen (secondary N) is 1. The predicted octanol–water partition coefficient (Wildman–Crippen LogP) is 4.33. The number of fused-ring (bicyclic) bond motifs is 2. The van der Waals surface area contributed by atoms with Crippen LogP contribution in [0, 0.1) is 0 Å². The van der Waals surface area contributed by atoms with Crippen LogP contribution in [-0.4, -0.2) is 45.2 Å². The summed E-state index contributed by atoms with van der Waals surface area (Å²) in [6, 6.07) is 12.3. The number of nitrogens with zero attached hydrogens (tertiary/aromatic N) is 3. The Hall–Kier alpha value is -3.58. The summed E-state index contributed by atoms with van der Waals surface area (Å²) in [5.41, 5.74) is 3.92. The summed E-state index contributed by atoms with van der Waals surface area (Å²) in [6.07, 6.45) is 6.88. The number of hydrogen-bond donors (Lipinski definition) is 2. The number of aromatic nitrogens is 3. The van der Waals surface area contributed by atoms with Crippen molar-refractivity contribution >= 4 is 6.08 Å². The minimum Gasteiger partial charge on any atom is -0.507 e. The lowest BCUT2D eigenvalue weighted by Gasteiger charge is -2.35. The van der Waals surface area contributed by atoms with Crippen LogP contribution in [0.4, 0.5) is 4.39 Å². The van der Waals surface area contributed by atoms with E-state index in [2.05, 4.69) is 27.4 Å². The molecule has 1 fully saturated rings. The highest BCUT2D eigenvalue weighted by atomic mass is 19.1. The van der Waals surface area contributed by atoms with Crippen LogP contribution in [0.25, 0.3) is 28.5 Å². The van der Waals surface area contributed by atoms with Gasteiger partial charge in [0, 0.05) is 23.4 Å². The molecule has 1 saturated heterocycles. The molecule has 2 N–H and O–H groups in total. The average molecular weight is 430 g/mol. The van der Waals surface area contributed by atoms with Gasteiger partial charge in [-0.3, -0.25) is 5.32 Å². The van der Waals surface area contributed by atoms with E-state index in [1.54, 1.807) is 49.7 Å². The first-order chi connectivity index (χ1) is 15.4. The molecule has 2 bridgehead atoms. The normalized spacial score (nSPS) is 25.3. The van der Waals surface area contributed by atoms with Crippen molar-refractivity contribution in [2.45, 2.75) is 31.1 Å². The van der Waals surface area contributed by atoms with Gasteiger partial charge in [0.2, 0.25) is 5.88 Å². The number of aromatic hydroxyl groups is 1. The Labute approximate surface area is 185 Å². The number of halogens is 1. The van der Waals surface area contributed by atoms with Crippen LogP contribution >= 0.6 is 0 Å². The molecule has 162 valence electrons. The molecule has 4 heterocycles. The minimum absolute atomic E-state index is 0.0939. The molecule has 2 aliphatic heterocycles. The maximum Gasteiger partial charge on any atom is 0.213 e. The highest BCUT2D eigenvalue weighted by Gasteiger charge is 2.41. The Morgan fingerprint density at radius 3 is 2.75 bits per heavy atom. The van der Waals surface area contributed by atoms with E-state index in [-0.39, 0.29) is 17.3 Å². The number of ether oxygens (including phenoxy) is 1. The summed E-state index contributed by atoms with van der Waals surface area (Å²) in [7, 11) is 1.56. The molecule has 0 spiro atoms. The molecule has 2 aromatic heterocycles. The fourth-order valence-electron chi connectivity index (χ4n) is 4.34. The van der Waals surface area contributed by atoms with Gasteiger partial charge in [-0.25, -0.2) is 9.37 Å². The van der Waals surface area contributed by atoms with E-state index in [1.807, 2.05) is 24.3 Å². The SMILES string of the molecule is COc1cc(-c2ccc(-c3ccc(/C=C4\C[C@@]5(C)C=CC(N5)[C@@H]4F)nn3)c(O)c2)ccn1. The van der Waals surface area contributed by atoms with Crippen LogP contribution < -0.4 is 10.1 Å². The molecule has 0 aliphatic carbocycles. The van der Waals surface area contributed by atoms with Gasteiger partial charge in [0.05, 0.1) is 24.5 Å². The molecule has 7 heteroatoms. The first-order valence-corrected chi connectivity index (χ1v) is 10.4. The maximum atomic E-state index is 14.7. The predicted molar refractivity (Wildman–Crippen MR) is 121 cm³/mol. The van der Waals surface area contributed by atoms with Crippen molar-refractivity contribution in [1.29, 1.82) is 0 Å². The Morgan fingerprint density at radius 1 is 1.16 bits per heavy atom. The van der Waals surface area contributed by atoms with Gasteiger partial charge < -0.3 is 9.84 Å². The van der Waals surface area contributed by atoms with Gasteiger partial charge >= 0.3 is 0 Å². The van der Waals surface area contributed by atoms with Gasteiger partial charge in [-0.15, -0.1) is 5.10 Å². The largest absolute Gasteiger partial charge is 0.507 e. The molecule has 32 heavy (non-hydrogen) atoms. The number of phenols is 1. The Bertz CT molecular complexity index is 1220. The van der Waals surface area contributed by atoms with Crippen LogP contribution in [0.3, 0.4) is 0 Å². The summed E-state index contributed by atoms with van der Waals surface area (Å²) in [5, 5.41) is 22.4. The van der Waals surface area contributed by atoms with Gasteiger partial charge in [-0.05, 0) is 66.5 Å². The Balaban J connectivity index is 1.38. The van der Waals surface area contributed by atoms with Crippen molar-refractivity contribution in [3.05, 3.63) is 72.1 Å². The zero-order valence-corrected chi connectivity index (χ0v) is 17.8. The molecule has 0 saturated carbocycles. The van der Waals surface area contributed by atoms with E-state index in [4.69, 9.17) is 4.74 Å². The zero-order valence-electron chi connectivity index (χ0n) is 17.8. The number of alkyl halides is 1. The number of methoxy groups -OCH3 is 1. The highest BCUT2D eigenvalue weighted by Crippen LogP contribution is 2.36. The van der Waals surface area contributed by atoms with E-state index in [1.165, 1.54) is 0 Å². The second-order valence-electron chi connectivity index (χ2n) is 8.41. The number of phenolic OH excluding ortho intramolecular Hbond substituents is 1. The molecule has 0 radical (unpaired) electrons. The standard InChI is InChI=1S/C25H23FN4O2/c1-25-9-7-21(28-25)24(26)17(14-25)11-18-4-6-20(30-29-18)19-5-3-15(12-22(19)31)16-8-10-27-23(13-16)32-2/h3-13,21,24,28,31H,14H2,1-2H3/b17-11+/t21?,24-,25-/m1/s1. The molecule has 3 aromatic rings. The molecule has 1 unspecified atom stereocenters. The van der Waals surface area contributed by atoms with Crippen LogP contribution in [0.15, 0.2) is 66.4 Å². The summed E-state index contributed by atoms with van der Waals surface area (Å²) >= 11 is 0. The fraction of sp³-hybridized carbons (Fsp3) is 0.240. The second kappa shape index (κ2) is 7.84. The number of rotatable bonds is 4. The fourth-order valence-corrected chi connectivity index (χ4v) is 4.34. The average Bonchev–Trinajstić information content (AvgIpc) is 3.15. The van der Waals surface area contributed by atoms with Gasteiger partial charge in [0.25, 0.3) is 0 Å². The third-order valence-electron chi connectivity index (χ3n) is 5.98.